The van der Waals surface area contributed by atoms with Gasteiger partial charge in [0.15, 0.2) is 0 Å². The number of rotatable bonds is 5. The van der Waals surface area contributed by atoms with Crippen molar-refractivity contribution in [3.05, 3.63) is 47.3 Å². The number of hydrogen-bond acceptors (Lipinski definition) is 2. The van der Waals surface area contributed by atoms with Crippen LogP contribution in [0.5, 0.6) is 0 Å². The molecule has 0 radical (unpaired) electrons. The summed E-state index contributed by atoms with van der Waals surface area (Å²) in [6.45, 7) is 8.12. The monoisotopic (exact) mass is 243 g/mol. The molecule has 1 N–H and O–H groups in total. The molecular formula is C15H21N3. The van der Waals surface area contributed by atoms with Crippen LogP contribution in [0.15, 0.2) is 30.3 Å². The Morgan fingerprint density at radius 3 is 2.72 bits per heavy atom. The number of benzene rings is 1. The highest BCUT2D eigenvalue weighted by Crippen LogP contribution is 2.12. The van der Waals surface area contributed by atoms with E-state index in [1.165, 1.54) is 11.3 Å². The molecule has 0 spiro atoms. The average molecular weight is 243 g/mol. The highest BCUT2D eigenvalue weighted by atomic mass is 15.3. The average Bonchev–Trinajstić information content (AvgIpc) is 2.79. The van der Waals surface area contributed by atoms with Crippen molar-refractivity contribution in [2.75, 3.05) is 5.32 Å². The van der Waals surface area contributed by atoms with Gasteiger partial charge < -0.3 is 5.32 Å². The Kier molecular flexibility index (Phi) is 4.03. The SMILES string of the molecule is CCc1cc(CNc2cccc(C)c2)n(CC)n1. The van der Waals surface area contributed by atoms with Crippen molar-refractivity contribution in [1.29, 1.82) is 0 Å². The maximum atomic E-state index is 4.55. The first-order valence-electron chi connectivity index (χ1n) is 6.59. The first-order chi connectivity index (χ1) is 8.72. The third-order valence-corrected chi connectivity index (χ3v) is 3.07. The minimum absolute atomic E-state index is 0.824. The Balaban J connectivity index is 2.07. The van der Waals surface area contributed by atoms with Crippen molar-refractivity contribution in [1.82, 2.24) is 9.78 Å². The summed E-state index contributed by atoms with van der Waals surface area (Å²) in [5.41, 5.74) is 4.85. The summed E-state index contributed by atoms with van der Waals surface area (Å²) in [5, 5.41) is 8.01. The van der Waals surface area contributed by atoms with Crippen LogP contribution in [-0.4, -0.2) is 9.78 Å². The van der Waals surface area contributed by atoms with Gasteiger partial charge in [-0.15, -0.1) is 0 Å². The molecule has 0 unspecified atom stereocenters. The second-order valence-electron chi connectivity index (χ2n) is 4.52. The molecule has 3 nitrogen and oxygen atoms in total. The zero-order valence-corrected chi connectivity index (χ0v) is 11.4. The van der Waals surface area contributed by atoms with E-state index in [9.17, 15) is 0 Å². The lowest BCUT2D eigenvalue weighted by molar-refractivity contribution is 0.619. The van der Waals surface area contributed by atoms with Crippen LogP contribution in [0.2, 0.25) is 0 Å². The van der Waals surface area contributed by atoms with Crippen molar-refractivity contribution in [3.8, 4) is 0 Å². The summed E-state index contributed by atoms with van der Waals surface area (Å²) in [6, 6.07) is 10.6. The van der Waals surface area contributed by atoms with E-state index in [0.29, 0.717) is 0 Å². The molecule has 2 aromatic rings. The number of aryl methyl sites for hydroxylation is 3. The van der Waals surface area contributed by atoms with E-state index in [0.717, 1.165) is 30.9 Å². The molecule has 0 aliphatic carbocycles. The topological polar surface area (TPSA) is 29.9 Å². The van der Waals surface area contributed by atoms with Crippen molar-refractivity contribution in [2.24, 2.45) is 0 Å². The Bertz CT molecular complexity index is 514. The number of aromatic nitrogens is 2. The number of hydrogen-bond donors (Lipinski definition) is 1. The van der Waals surface area contributed by atoms with Gasteiger partial charge in [-0.05, 0) is 44.0 Å². The lowest BCUT2D eigenvalue weighted by Crippen LogP contribution is -2.07. The Morgan fingerprint density at radius 1 is 1.22 bits per heavy atom. The predicted octanol–water partition coefficient (Wildman–Crippen LogP) is 3.39. The molecule has 3 heteroatoms. The molecule has 0 amide bonds. The first kappa shape index (κ1) is 12.7. The molecule has 2 rings (SSSR count). The maximum Gasteiger partial charge on any atom is 0.0625 e. The normalized spacial score (nSPS) is 10.6. The fourth-order valence-electron chi connectivity index (χ4n) is 2.05. The highest BCUT2D eigenvalue weighted by molar-refractivity contribution is 5.45. The van der Waals surface area contributed by atoms with Crippen LogP contribution in [-0.2, 0) is 19.5 Å². The molecule has 0 saturated heterocycles. The first-order valence-corrected chi connectivity index (χ1v) is 6.59. The van der Waals surface area contributed by atoms with Gasteiger partial charge in [-0.3, -0.25) is 4.68 Å². The summed E-state index contributed by atoms with van der Waals surface area (Å²) >= 11 is 0. The smallest absolute Gasteiger partial charge is 0.0625 e. The zero-order valence-electron chi connectivity index (χ0n) is 11.4. The van der Waals surface area contributed by atoms with Crippen molar-refractivity contribution in [3.63, 3.8) is 0 Å². The minimum Gasteiger partial charge on any atom is -0.379 e. The van der Waals surface area contributed by atoms with E-state index in [1.54, 1.807) is 0 Å². The van der Waals surface area contributed by atoms with E-state index in [-0.39, 0.29) is 0 Å². The van der Waals surface area contributed by atoms with Crippen molar-refractivity contribution < 1.29 is 0 Å². The number of nitrogens with zero attached hydrogens (tertiary/aromatic N) is 2. The molecule has 0 aliphatic heterocycles. The molecule has 0 bridgehead atoms. The van der Waals surface area contributed by atoms with Gasteiger partial charge in [0.1, 0.15) is 0 Å². The van der Waals surface area contributed by atoms with Gasteiger partial charge in [0.2, 0.25) is 0 Å². The molecule has 0 fully saturated rings. The van der Waals surface area contributed by atoms with Gasteiger partial charge >= 0.3 is 0 Å². The minimum atomic E-state index is 0.824. The van der Waals surface area contributed by atoms with Gasteiger partial charge in [0.25, 0.3) is 0 Å². The molecule has 1 heterocycles. The third-order valence-electron chi connectivity index (χ3n) is 3.07. The molecule has 18 heavy (non-hydrogen) atoms. The van der Waals surface area contributed by atoms with E-state index in [2.05, 4.69) is 66.2 Å². The fraction of sp³-hybridized carbons (Fsp3) is 0.400. The zero-order chi connectivity index (χ0) is 13.0. The van der Waals surface area contributed by atoms with Gasteiger partial charge in [-0.25, -0.2) is 0 Å². The van der Waals surface area contributed by atoms with Crippen LogP contribution in [0, 0.1) is 6.92 Å². The highest BCUT2D eigenvalue weighted by Gasteiger charge is 2.05. The van der Waals surface area contributed by atoms with Crippen LogP contribution in [0.25, 0.3) is 0 Å². The molecule has 1 aromatic heterocycles. The Morgan fingerprint density at radius 2 is 2.06 bits per heavy atom. The second kappa shape index (κ2) is 5.71. The van der Waals surface area contributed by atoms with Crippen molar-refractivity contribution in [2.45, 2.75) is 40.3 Å². The molecule has 0 saturated carbocycles. The molecule has 0 atom stereocenters. The number of anilines is 1. The van der Waals surface area contributed by atoms with Gasteiger partial charge in [0.05, 0.1) is 17.9 Å². The van der Waals surface area contributed by atoms with Crippen molar-refractivity contribution >= 4 is 5.69 Å². The standard InChI is InChI=1S/C15H21N3/c1-4-13-10-15(18(5-2)17-13)11-16-14-8-6-7-12(3)9-14/h6-10,16H,4-5,11H2,1-3H3. The van der Waals surface area contributed by atoms with Crippen LogP contribution >= 0.6 is 0 Å². The molecule has 96 valence electrons. The van der Waals surface area contributed by atoms with Crippen LogP contribution in [0.1, 0.15) is 30.8 Å². The van der Waals surface area contributed by atoms with Crippen LogP contribution in [0.3, 0.4) is 0 Å². The van der Waals surface area contributed by atoms with E-state index in [4.69, 9.17) is 0 Å². The lowest BCUT2D eigenvalue weighted by atomic mass is 10.2. The third kappa shape index (κ3) is 2.92. The summed E-state index contributed by atoms with van der Waals surface area (Å²) in [6.07, 6.45) is 0.991. The van der Waals surface area contributed by atoms with Gasteiger partial charge in [-0.1, -0.05) is 19.1 Å². The van der Waals surface area contributed by atoms with E-state index >= 15 is 0 Å². The Labute approximate surface area is 109 Å². The van der Waals surface area contributed by atoms with Gasteiger partial charge in [0, 0.05) is 12.2 Å². The summed E-state index contributed by atoms with van der Waals surface area (Å²) in [4.78, 5) is 0. The fourth-order valence-corrected chi connectivity index (χ4v) is 2.05. The predicted molar refractivity (Wildman–Crippen MR) is 75.8 cm³/mol. The van der Waals surface area contributed by atoms with Crippen LogP contribution in [0.4, 0.5) is 5.69 Å². The lowest BCUT2D eigenvalue weighted by Gasteiger charge is -2.08. The second-order valence-corrected chi connectivity index (χ2v) is 4.52. The number of nitrogens with one attached hydrogen (secondary N) is 1. The van der Waals surface area contributed by atoms with Gasteiger partial charge in [-0.2, -0.15) is 5.10 Å². The molecule has 0 aliphatic rings. The summed E-state index contributed by atoms with van der Waals surface area (Å²) in [5.74, 6) is 0. The summed E-state index contributed by atoms with van der Waals surface area (Å²) < 4.78 is 2.07. The Hall–Kier alpha value is -1.77. The largest absolute Gasteiger partial charge is 0.379 e. The quantitative estimate of drug-likeness (QED) is 0.872. The van der Waals surface area contributed by atoms with E-state index < -0.39 is 0 Å². The maximum absolute atomic E-state index is 4.55. The van der Waals surface area contributed by atoms with Crippen LogP contribution < -0.4 is 5.32 Å². The summed E-state index contributed by atoms with van der Waals surface area (Å²) in [7, 11) is 0. The molecular weight excluding hydrogens is 222 g/mol. The van der Waals surface area contributed by atoms with E-state index in [1.807, 2.05) is 0 Å². The molecule has 1 aromatic carbocycles.